The van der Waals surface area contributed by atoms with Gasteiger partial charge in [0.25, 0.3) is 5.56 Å². The van der Waals surface area contributed by atoms with Gasteiger partial charge in [0.15, 0.2) is 5.82 Å². The van der Waals surface area contributed by atoms with Gasteiger partial charge in [-0.05, 0) is 25.0 Å². The van der Waals surface area contributed by atoms with E-state index in [0.717, 1.165) is 17.8 Å². The lowest BCUT2D eigenvalue weighted by Crippen LogP contribution is -2.21. The molecular formula is C21H22ClF2N3O2. The first-order valence-corrected chi connectivity index (χ1v) is 9.58. The highest BCUT2D eigenvalue weighted by molar-refractivity contribution is 6.29. The molecule has 0 aliphatic carbocycles. The van der Waals surface area contributed by atoms with E-state index in [-0.39, 0.29) is 28.8 Å². The minimum atomic E-state index is -0.806. The summed E-state index contributed by atoms with van der Waals surface area (Å²) >= 11 is 5.98. The van der Waals surface area contributed by atoms with Crippen LogP contribution in [0.15, 0.2) is 41.5 Å². The number of hydrogen-bond acceptors (Lipinski definition) is 4. The number of hydrogen-bond donors (Lipinski definition) is 0. The lowest BCUT2D eigenvalue weighted by molar-refractivity contribution is 0.292. The normalized spacial score (nSPS) is 10.3. The fourth-order valence-electron chi connectivity index (χ4n) is 2.69. The van der Waals surface area contributed by atoms with Crippen LogP contribution >= 0.6 is 11.6 Å². The third-order valence-corrected chi connectivity index (χ3v) is 4.21. The largest absolute Gasteiger partial charge is 0.487 e. The van der Waals surface area contributed by atoms with Gasteiger partial charge < -0.3 is 4.74 Å². The van der Waals surface area contributed by atoms with E-state index < -0.39 is 11.6 Å². The highest BCUT2D eigenvalue weighted by atomic mass is 35.5. The summed E-state index contributed by atoms with van der Waals surface area (Å²) in [6, 6.07) is 5.31. The standard InChI is InChI=1S/C19H16ClF2N3O2.C2H6/c1-3-12-8-24-18(20)7-17(12)25-11(2)4-14(6-19(25)26)27-10-16-15(22)5-13(21)9-23-16;1-2/h4-9H,3,10H2,1-2H3;1-2H3. The highest BCUT2D eigenvalue weighted by Crippen LogP contribution is 2.21. The maximum Gasteiger partial charge on any atom is 0.259 e. The average molecular weight is 422 g/mol. The molecule has 0 atom stereocenters. The Balaban J connectivity index is 0.00000145. The zero-order valence-corrected chi connectivity index (χ0v) is 17.4. The topological polar surface area (TPSA) is 57.0 Å². The van der Waals surface area contributed by atoms with Crippen LogP contribution in [0.25, 0.3) is 5.69 Å². The molecule has 154 valence electrons. The van der Waals surface area contributed by atoms with Gasteiger partial charge in [0.05, 0.1) is 11.9 Å². The van der Waals surface area contributed by atoms with Gasteiger partial charge in [-0.2, -0.15) is 0 Å². The van der Waals surface area contributed by atoms with Crippen LogP contribution in [0.2, 0.25) is 5.15 Å². The van der Waals surface area contributed by atoms with Crippen molar-refractivity contribution < 1.29 is 13.5 Å². The highest BCUT2D eigenvalue weighted by Gasteiger charge is 2.12. The van der Waals surface area contributed by atoms with Crippen molar-refractivity contribution in [3.8, 4) is 11.4 Å². The van der Waals surface area contributed by atoms with Crippen molar-refractivity contribution >= 4 is 11.6 Å². The Kier molecular flexibility index (Phi) is 7.84. The summed E-state index contributed by atoms with van der Waals surface area (Å²) in [6.45, 7) is 7.48. The van der Waals surface area contributed by atoms with Gasteiger partial charge in [0.1, 0.15) is 29.0 Å². The van der Waals surface area contributed by atoms with Gasteiger partial charge >= 0.3 is 0 Å². The number of rotatable bonds is 5. The fraction of sp³-hybridized carbons (Fsp3) is 0.286. The molecule has 3 aromatic heterocycles. The Bertz CT molecular complexity index is 1050. The van der Waals surface area contributed by atoms with E-state index in [0.29, 0.717) is 17.8 Å². The number of nitrogens with zero attached hydrogens (tertiary/aromatic N) is 3. The van der Waals surface area contributed by atoms with Gasteiger partial charge in [0.2, 0.25) is 0 Å². The van der Waals surface area contributed by atoms with E-state index in [1.165, 1.54) is 10.6 Å². The maximum atomic E-state index is 13.7. The summed E-state index contributed by atoms with van der Waals surface area (Å²) in [4.78, 5) is 20.3. The zero-order chi connectivity index (χ0) is 21.6. The molecule has 0 aromatic carbocycles. The molecule has 8 heteroatoms. The van der Waals surface area contributed by atoms with E-state index in [2.05, 4.69) is 9.97 Å². The summed E-state index contributed by atoms with van der Waals surface area (Å²) in [5, 5.41) is 0.284. The molecule has 0 saturated heterocycles. The lowest BCUT2D eigenvalue weighted by atomic mass is 10.1. The molecule has 3 aromatic rings. The molecule has 0 fully saturated rings. The van der Waals surface area contributed by atoms with E-state index >= 15 is 0 Å². The van der Waals surface area contributed by atoms with Crippen molar-refractivity contribution in [1.82, 2.24) is 14.5 Å². The van der Waals surface area contributed by atoms with Gasteiger partial charge in [-0.15, -0.1) is 0 Å². The summed E-state index contributed by atoms with van der Waals surface area (Å²) in [6.07, 6.45) is 3.22. The Morgan fingerprint density at radius 2 is 1.83 bits per heavy atom. The SMILES string of the molecule is CC.CCc1cnc(Cl)cc1-n1c(C)cc(OCc2ncc(F)cc2F)cc1=O. The third-order valence-electron chi connectivity index (χ3n) is 4.00. The van der Waals surface area contributed by atoms with Crippen LogP contribution in [0, 0.1) is 18.6 Å². The fourth-order valence-corrected chi connectivity index (χ4v) is 2.85. The molecule has 0 spiro atoms. The third kappa shape index (κ3) is 5.38. The van der Waals surface area contributed by atoms with Gasteiger partial charge in [-0.25, -0.2) is 13.8 Å². The first kappa shape index (κ1) is 22.5. The molecule has 0 aliphatic rings. The van der Waals surface area contributed by atoms with Crippen LogP contribution < -0.4 is 10.3 Å². The van der Waals surface area contributed by atoms with Crippen molar-refractivity contribution in [1.29, 1.82) is 0 Å². The number of halogens is 3. The van der Waals surface area contributed by atoms with Gasteiger partial charge in [0, 0.05) is 30.1 Å². The summed E-state index contributed by atoms with van der Waals surface area (Å²) in [7, 11) is 0. The molecule has 29 heavy (non-hydrogen) atoms. The summed E-state index contributed by atoms with van der Waals surface area (Å²) in [5.74, 6) is -1.31. The Hall–Kier alpha value is -2.80. The van der Waals surface area contributed by atoms with E-state index in [4.69, 9.17) is 16.3 Å². The molecule has 0 saturated carbocycles. The molecule has 0 radical (unpaired) electrons. The quantitative estimate of drug-likeness (QED) is 0.542. The number of pyridine rings is 3. The average Bonchev–Trinajstić information content (AvgIpc) is 2.68. The molecule has 3 heterocycles. The van der Waals surface area contributed by atoms with Crippen LogP contribution in [0.4, 0.5) is 8.78 Å². The first-order chi connectivity index (χ1) is 13.9. The summed E-state index contributed by atoms with van der Waals surface area (Å²) < 4.78 is 33.5. The molecule has 0 N–H and O–H groups in total. The molecule has 5 nitrogen and oxygen atoms in total. The minimum absolute atomic E-state index is 0.0487. The second-order valence-corrected chi connectivity index (χ2v) is 6.25. The van der Waals surface area contributed by atoms with E-state index in [1.807, 2.05) is 20.8 Å². The minimum Gasteiger partial charge on any atom is -0.487 e. The molecule has 0 aliphatic heterocycles. The van der Waals surface area contributed by atoms with Gasteiger partial charge in [-0.3, -0.25) is 14.3 Å². The lowest BCUT2D eigenvalue weighted by Gasteiger charge is -2.15. The van der Waals surface area contributed by atoms with Crippen molar-refractivity contribution in [3.63, 3.8) is 0 Å². The van der Waals surface area contributed by atoms with Crippen molar-refractivity contribution in [2.24, 2.45) is 0 Å². The van der Waals surface area contributed by atoms with Crippen molar-refractivity contribution in [3.05, 3.63) is 80.8 Å². The van der Waals surface area contributed by atoms with Crippen LogP contribution in [0.5, 0.6) is 5.75 Å². The summed E-state index contributed by atoms with van der Waals surface area (Å²) in [5.41, 5.74) is 1.76. The molecule has 0 bridgehead atoms. The van der Waals surface area contributed by atoms with E-state index in [1.54, 1.807) is 25.3 Å². The first-order valence-electron chi connectivity index (χ1n) is 9.20. The predicted octanol–water partition coefficient (Wildman–Crippen LogP) is 5.04. The van der Waals surface area contributed by atoms with Crippen molar-refractivity contribution in [2.45, 2.75) is 40.7 Å². The van der Waals surface area contributed by atoms with Crippen LogP contribution in [-0.4, -0.2) is 14.5 Å². The number of aromatic nitrogens is 3. The van der Waals surface area contributed by atoms with Gasteiger partial charge in [-0.1, -0.05) is 32.4 Å². The smallest absolute Gasteiger partial charge is 0.259 e. The van der Waals surface area contributed by atoms with Crippen LogP contribution in [0.3, 0.4) is 0 Å². The Labute approximate surface area is 173 Å². The predicted molar refractivity (Wildman–Crippen MR) is 109 cm³/mol. The van der Waals surface area contributed by atoms with E-state index in [9.17, 15) is 13.6 Å². The van der Waals surface area contributed by atoms with Crippen molar-refractivity contribution in [2.75, 3.05) is 0 Å². The Morgan fingerprint density at radius 3 is 2.45 bits per heavy atom. The number of ether oxygens (including phenoxy) is 1. The zero-order valence-electron chi connectivity index (χ0n) is 16.7. The number of aryl methyl sites for hydroxylation is 2. The second-order valence-electron chi connectivity index (χ2n) is 5.87. The monoisotopic (exact) mass is 421 g/mol. The molecule has 0 amide bonds. The molecule has 0 unspecified atom stereocenters. The maximum absolute atomic E-state index is 13.7. The Morgan fingerprint density at radius 1 is 1.10 bits per heavy atom. The van der Waals surface area contributed by atoms with Crippen LogP contribution in [-0.2, 0) is 13.0 Å². The molecular weight excluding hydrogens is 400 g/mol. The second kappa shape index (κ2) is 10.1. The molecule has 3 rings (SSSR count). The van der Waals surface area contributed by atoms with Crippen LogP contribution in [0.1, 0.15) is 37.7 Å².